The fourth-order valence-corrected chi connectivity index (χ4v) is 10.3. The van der Waals surface area contributed by atoms with E-state index in [0.717, 1.165) is 28.2 Å². The molecule has 2 aromatic heterocycles. The van der Waals surface area contributed by atoms with Crippen LogP contribution in [-0.2, 0) is 0 Å². The van der Waals surface area contributed by atoms with Crippen molar-refractivity contribution in [3.05, 3.63) is 212 Å². The zero-order chi connectivity index (χ0) is 38.9. The molecule has 0 unspecified atom stereocenters. The summed E-state index contributed by atoms with van der Waals surface area (Å²) in [7, 11) is 0. The highest BCUT2D eigenvalue weighted by molar-refractivity contribution is 7.26. The number of nitrogens with zero attached hydrogens (tertiary/aromatic N) is 1. The first-order valence-corrected chi connectivity index (χ1v) is 20.9. The number of anilines is 3. The van der Waals surface area contributed by atoms with Crippen LogP contribution in [-0.4, -0.2) is 0 Å². The van der Waals surface area contributed by atoms with Gasteiger partial charge in [-0.05, 0) is 122 Å². The van der Waals surface area contributed by atoms with Crippen LogP contribution < -0.4 is 4.90 Å². The largest absolute Gasteiger partial charge is 0.456 e. The summed E-state index contributed by atoms with van der Waals surface area (Å²) in [5.74, 6) is 0. The molecule has 0 spiro atoms. The van der Waals surface area contributed by atoms with Gasteiger partial charge in [-0.25, -0.2) is 0 Å². The molecule has 276 valence electrons. The molecule has 0 amide bonds. The number of hydrogen-bond acceptors (Lipinski definition) is 3. The summed E-state index contributed by atoms with van der Waals surface area (Å²) in [6, 6.07) is 76.9. The monoisotopic (exact) mass is 769 g/mol. The normalized spacial score (nSPS) is 11.7. The molecule has 0 saturated heterocycles. The molecule has 0 aliphatic carbocycles. The second-order valence-electron chi connectivity index (χ2n) is 15.3. The van der Waals surface area contributed by atoms with Crippen LogP contribution >= 0.6 is 11.3 Å². The molecule has 0 radical (unpaired) electrons. The zero-order valence-electron chi connectivity index (χ0n) is 32.0. The maximum absolute atomic E-state index is 6.55. The van der Waals surface area contributed by atoms with Crippen molar-refractivity contribution in [2.24, 2.45) is 0 Å². The minimum Gasteiger partial charge on any atom is -0.456 e. The Morgan fingerprint density at radius 3 is 1.81 bits per heavy atom. The lowest BCUT2D eigenvalue weighted by atomic mass is 9.96. The predicted molar refractivity (Wildman–Crippen MR) is 253 cm³/mol. The van der Waals surface area contributed by atoms with Crippen LogP contribution in [0.25, 0.3) is 97.0 Å². The van der Waals surface area contributed by atoms with Gasteiger partial charge in [-0.3, -0.25) is 0 Å². The Hall–Kier alpha value is -7.46. The Balaban J connectivity index is 0.998. The molecule has 0 aliphatic rings. The highest BCUT2D eigenvalue weighted by Gasteiger charge is 2.19. The second kappa shape index (κ2) is 13.6. The molecule has 59 heavy (non-hydrogen) atoms. The lowest BCUT2D eigenvalue weighted by Crippen LogP contribution is -2.09. The van der Waals surface area contributed by atoms with Gasteiger partial charge in [0, 0.05) is 48.0 Å². The summed E-state index contributed by atoms with van der Waals surface area (Å²) in [5.41, 5.74) is 12.3. The number of thiophene rings is 1. The number of fused-ring (bicyclic) bond motifs is 9. The Labute approximate surface area is 345 Å². The molecule has 2 nitrogen and oxygen atoms in total. The molecule has 0 N–H and O–H groups in total. The second-order valence-corrected chi connectivity index (χ2v) is 16.3. The molecule has 10 aromatic carbocycles. The van der Waals surface area contributed by atoms with Crippen molar-refractivity contribution in [3.63, 3.8) is 0 Å². The van der Waals surface area contributed by atoms with E-state index < -0.39 is 0 Å². The van der Waals surface area contributed by atoms with Crippen LogP contribution in [0.2, 0.25) is 0 Å². The van der Waals surface area contributed by atoms with Crippen molar-refractivity contribution in [3.8, 4) is 33.4 Å². The summed E-state index contributed by atoms with van der Waals surface area (Å²) in [6.07, 6.45) is 0. The number of rotatable bonds is 6. The van der Waals surface area contributed by atoms with Crippen molar-refractivity contribution in [2.45, 2.75) is 0 Å². The van der Waals surface area contributed by atoms with E-state index >= 15 is 0 Å². The quantitative estimate of drug-likeness (QED) is 0.167. The molecule has 0 aliphatic heterocycles. The lowest BCUT2D eigenvalue weighted by Gasteiger charge is -2.26. The van der Waals surface area contributed by atoms with Crippen LogP contribution in [0.3, 0.4) is 0 Å². The summed E-state index contributed by atoms with van der Waals surface area (Å²) < 4.78 is 9.12. The van der Waals surface area contributed by atoms with Crippen molar-refractivity contribution in [1.29, 1.82) is 0 Å². The number of hydrogen-bond donors (Lipinski definition) is 0. The molecular formula is C56H35NOS. The van der Waals surface area contributed by atoms with Crippen LogP contribution in [0, 0.1) is 0 Å². The van der Waals surface area contributed by atoms with Crippen molar-refractivity contribution in [1.82, 2.24) is 0 Å². The SMILES string of the molecule is c1ccc(-c2ccc(N(c3ccc(-c4cccc5ccccc45)cc3)c3ccc4ccc(-c5cccc6oc7ccc8c9ccccc9sc8c7c56)cc4c3)cc2)cc1. The van der Waals surface area contributed by atoms with Crippen molar-refractivity contribution in [2.75, 3.05) is 4.90 Å². The van der Waals surface area contributed by atoms with Gasteiger partial charge < -0.3 is 9.32 Å². The summed E-state index contributed by atoms with van der Waals surface area (Å²) in [4.78, 5) is 2.37. The number of furan rings is 1. The van der Waals surface area contributed by atoms with Crippen LogP contribution in [0.15, 0.2) is 217 Å². The maximum Gasteiger partial charge on any atom is 0.136 e. The third kappa shape index (κ3) is 5.62. The molecule has 0 atom stereocenters. The molecule has 0 saturated carbocycles. The fraction of sp³-hybridized carbons (Fsp3) is 0. The summed E-state index contributed by atoms with van der Waals surface area (Å²) in [5, 5.41) is 9.81. The summed E-state index contributed by atoms with van der Waals surface area (Å²) in [6.45, 7) is 0. The Morgan fingerprint density at radius 2 is 0.966 bits per heavy atom. The van der Waals surface area contributed by atoms with E-state index in [0.29, 0.717) is 0 Å². The van der Waals surface area contributed by atoms with E-state index in [1.54, 1.807) is 0 Å². The number of benzene rings is 10. The Kier molecular flexibility index (Phi) is 7.75. The topological polar surface area (TPSA) is 16.4 Å². The summed E-state index contributed by atoms with van der Waals surface area (Å²) >= 11 is 1.85. The lowest BCUT2D eigenvalue weighted by molar-refractivity contribution is 0.669. The molecule has 0 bridgehead atoms. The van der Waals surface area contributed by atoms with Crippen LogP contribution in [0.5, 0.6) is 0 Å². The predicted octanol–water partition coefficient (Wildman–Crippen LogP) is 16.7. The Morgan fingerprint density at radius 1 is 0.339 bits per heavy atom. The van der Waals surface area contributed by atoms with Gasteiger partial charge in [-0.15, -0.1) is 11.3 Å². The van der Waals surface area contributed by atoms with Gasteiger partial charge >= 0.3 is 0 Å². The highest BCUT2D eigenvalue weighted by Crippen LogP contribution is 2.46. The minimum atomic E-state index is 0.911. The van der Waals surface area contributed by atoms with Crippen LogP contribution in [0.4, 0.5) is 17.1 Å². The van der Waals surface area contributed by atoms with Gasteiger partial charge in [-0.1, -0.05) is 146 Å². The first-order valence-electron chi connectivity index (χ1n) is 20.1. The fourth-order valence-electron chi connectivity index (χ4n) is 9.01. The third-order valence-electron chi connectivity index (χ3n) is 11.9. The van der Waals surface area contributed by atoms with E-state index in [1.165, 1.54) is 85.9 Å². The first-order chi connectivity index (χ1) is 29.2. The van der Waals surface area contributed by atoms with E-state index in [-0.39, 0.29) is 0 Å². The standard InChI is InChI=1S/C56H35NOS/c1-2-10-36(11-3-1)37-22-27-43(28-23-37)57(44-29-25-40(26-30-44)47-16-8-13-39-12-4-5-14-46(39)47)45-31-24-38-20-21-41(34-42(38)35-45)48-17-9-18-51-54(48)55-52(58-51)33-32-50-49-15-6-7-19-53(49)59-56(50)55/h1-35H. The van der Waals surface area contributed by atoms with Crippen molar-refractivity contribution < 1.29 is 4.42 Å². The van der Waals surface area contributed by atoms with E-state index in [1.807, 2.05) is 11.3 Å². The van der Waals surface area contributed by atoms with Crippen LogP contribution in [0.1, 0.15) is 0 Å². The molecule has 12 rings (SSSR count). The van der Waals surface area contributed by atoms with Gasteiger partial charge in [0.25, 0.3) is 0 Å². The van der Waals surface area contributed by atoms with Gasteiger partial charge in [-0.2, -0.15) is 0 Å². The van der Waals surface area contributed by atoms with Gasteiger partial charge in [0.1, 0.15) is 11.2 Å². The third-order valence-corrected chi connectivity index (χ3v) is 13.1. The van der Waals surface area contributed by atoms with Gasteiger partial charge in [0.05, 0.1) is 0 Å². The van der Waals surface area contributed by atoms with Gasteiger partial charge in [0.15, 0.2) is 0 Å². The smallest absolute Gasteiger partial charge is 0.136 e. The van der Waals surface area contributed by atoms with E-state index in [2.05, 4.69) is 217 Å². The molecule has 3 heteroatoms. The molecule has 2 heterocycles. The molecule has 12 aromatic rings. The first kappa shape index (κ1) is 33.7. The zero-order valence-corrected chi connectivity index (χ0v) is 32.8. The van der Waals surface area contributed by atoms with Crippen molar-refractivity contribution >= 4 is 92.1 Å². The van der Waals surface area contributed by atoms with Gasteiger partial charge in [0.2, 0.25) is 0 Å². The molecule has 0 fully saturated rings. The minimum absolute atomic E-state index is 0.911. The highest BCUT2D eigenvalue weighted by atomic mass is 32.1. The average Bonchev–Trinajstić information content (AvgIpc) is 3.88. The Bertz CT molecular complexity index is 3540. The van der Waals surface area contributed by atoms with E-state index in [9.17, 15) is 0 Å². The maximum atomic E-state index is 6.55. The van der Waals surface area contributed by atoms with E-state index in [4.69, 9.17) is 4.42 Å². The molecular weight excluding hydrogens is 735 g/mol. The average molecular weight is 770 g/mol.